The number of fused-ring (bicyclic) bond motifs is 1. The van der Waals surface area contributed by atoms with Crippen LogP contribution in [-0.4, -0.2) is 56.7 Å². The van der Waals surface area contributed by atoms with Crippen molar-refractivity contribution in [2.45, 2.75) is 25.7 Å². The SMILES string of the molecule is COC(=O)c1cc2c(cc1NC(=O)CN1CCOCC1)CCCC2. The second kappa shape index (κ2) is 7.77. The molecular formula is C18H24N2O4. The number of nitrogens with one attached hydrogen (secondary N) is 1. The van der Waals surface area contributed by atoms with Gasteiger partial charge in [-0.05, 0) is 48.9 Å². The number of esters is 1. The Bertz CT molecular complexity index is 624. The maximum Gasteiger partial charge on any atom is 0.339 e. The van der Waals surface area contributed by atoms with Crippen LogP contribution >= 0.6 is 0 Å². The smallest absolute Gasteiger partial charge is 0.339 e. The number of ether oxygens (including phenoxy) is 2. The van der Waals surface area contributed by atoms with Gasteiger partial charge in [0, 0.05) is 13.1 Å². The molecule has 1 aliphatic heterocycles. The van der Waals surface area contributed by atoms with E-state index in [4.69, 9.17) is 9.47 Å². The number of carbonyl (C=O) groups is 2. The van der Waals surface area contributed by atoms with E-state index in [1.165, 1.54) is 18.2 Å². The fourth-order valence-corrected chi connectivity index (χ4v) is 3.32. The highest BCUT2D eigenvalue weighted by Crippen LogP contribution is 2.28. The zero-order valence-corrected chi connectivity index (χ0v) is 14.1. The summed E-state index contributed by atoms with van der Waals surface area (Å²) in [5.74, 6) is -0.525. The van der Waals surface area contributed by atoms with Gasteiger partial charge < -0.3 is 14.8 Å². The minimum Gasteiger partial charge on any atom is -0.465 e. The largest absolute Gasteiger partial charge is 0.465 e. The topological polar surface area (TPSA) is 67.9 Å². The lowest BCUT2D eigenvalue weighted by molar-refractivity contribution is -0.118. The monoisotopic (exact) mass is 332 g/mol. The Balaban J connectivity index is 1.77. The molecule has 1 aromatic rings. The number of aryl methyl sites for hydroxylation is 2. The van der Waals surface area contributed by atoms with Crippen LogP contribution in [0.3, 0.4) is 0 Å². The van der Waals surface area contributed by atoms with E-state index in [0.29, 0.717) is 31.0 Å². The first-order chi connectivity index (χ1) is 11.7. The van der Waals surface area contributed by atoms with Gasteiger partial charge in [0.1, 0.15) is 0 Å². The molecule has 0 aromatic heterocycles. The first-order valence-electron chi connectivity index (χ1n) is 8.51. The second-order valence-corrected chi connectivity index (χ2v) is 6.30. The number of rotatable bonds is 4. The average molecular weight is 332 g/mol. The lowest BCUT2D eigenvalue weighted by Gasteiger charge is -2.26. The summed E-state index contributed by atoms with van der Waals surface area (Å²) >= 11 is 0. The molecule has 2 aliphatic rings. The standard InChI is InChI=1S/C18H24N2O4/c1-23-18(22)15-10-13-4-2-3-5-14(13)11-16(15)19-17(21)12-20-6-8-24-9-7-20/h10-11H,2-9,12H2,1H3,(H,19,21). The summed E-state index contributed by atoms with van der Waals surface area (Å²) < 4.78 is 10.2. The molecule has 0 unspecified atom stereocenters. The Labute approximate surface area is 142 Å². The molecule has 130 valence electrons. The minimum absolute atomic E-state index is 0.113. The number of benzene rings is 1. The predicted molar refractivity (Wildman–Crippen MR) is 90.3 cm³/mol. The number of carbonyl (C=O) groups excluding carboxylic acids is 2. The highest BCUT2D eigenvalue weighted by molar-refractivity contribution is 6.02. The fourth-order valence-electron chi connectivity index (χ4n) is 3.32. The van der Waals surface area contributed by atoms with Crippen molar-refractivity contribution in [1.29, 1.82) is 0 Å². The van der Waals surface area contributed by atoms with Gasteiger partial charge in [-0.15, -0.1) is 0 Å². The van der Waals surface area contributed by atoms with Crippen molar-refractivity contribution in [3.8, 4) is 0 Å². The van der Waals surface area contributed by atoms with Crippen LogP contribution in [0.15, 0.2) is 12.1 Å². The number of nitrogens with zero attached hydrogens (tertiary/aromatic N) is 1. The Morgan fingerprint density at radius 3 is 2.50 bits per heavy atom. The average Bonchev–Trinajstić information content (AvgIpc) is 2.61. The van der Waals surface area contributed by atoms with Gasteiger partial charge in [-0.1, -0.05) is 0 Å². The van der Waals surface area contributed by atoms with Crippen molar-refractivity contribution in [2.75, 3.05) is 45.3 Å². The molecular weight excluding hydrogens is 308 g/mol. The van der Waals surface area contributed by atoms with Crippen molar-refractivity contribution in [3.63, 3.8) is 0 Å². The Hall–Kier alpha value is -1.92. The number of hydrogen-bond acceptors (Lipinski definition) is 5. The molecule has 0 atom stereocenters. The van der Waals surface area contributed by atoms with E-state index in [9.17, 15) is 9.59 Å². The number of morpholine rings is 1. The number of amides is 1. The van der Waals surface area contributed by atoms with Crippen molar-refractivity contribution >= 4 is 17.6 Å². The zero-order valence-electron chi connectivity index (χ0n) is 14.1. The summed E-state index contributed by atoms with van der Waals surface area (Å²) in [7, 11) is 1.36. The van der Waals surface area contributed by atoms with Crippen LogP contribution in [-0.2, 0) is 27.1 Å². The van der Waals surface area contributed by atoms with Gasteiger partial charge >= 0.3 is 5.97 Å². The van der Waals surface area contributed by atoms with Gasteiger partial charge in [-0.3, -0.25) is 9.69 Å². The van der Waals surface area contributed by atoms with E-state index in [1.807, 2.05) is 12.1 Å². The predicted octanol–water partition coefficient (Wildman–Crippen LogP) is 1.62. The molecule has 1 fully saturated rings. The number of hydrogen-bond donors (Lipinski definition) is 1. The first-order valence-corrected chi connectivity index (χ1v) is 8.51. The molecule has 1 amide bonds. The molecule has 6 nitrogen and oxygen atoms in total. The molecule has 1 saturated heterocycles. The van der Waals surface area contributed by atoms with Crippen LogP contribution in [0.5, 0.6) is 0 Å². The molecule has 0 spiro atoms. The molecule has 0 radical (unpaired) electrons. The number of methoxy groups -OCH3 is 1. The third kappa shape index (κ3) is 3.94. The molecule has 6 heteroatoms. The highest BCUT2D eigenvalue weighted by Gasteiger charge is 2.21. The van der Waals surface area contributed by atoms with Crippen LogP contribution in [0.1, 0.15) is 34.3 Å². The number of anilines is 1. The maximum absolute atomic E-state index is 12.4. The normalized spacial score (nSPS) is 17.9. The van der Waals surface area contributed by atoms with Gasteiger partial charge in [-0.2, -0.15) is 0 Å². The molecule has 1 N–H and O–H groups in total. The quantitative estimate of drug-likeness (QED) is 0.849. The third-order valence-corrected chi connectivity index (χ3v) is 4.63. The van der Waals surface area contributed by atoms with Crippen LogP contribution in [0.4, 0.5) is 5.69 Å². The maximum atomic E-state index is 12.4. The second-order valence-electron chi connectivity index (χ2n) is 6.30. The molecule has 3 rings (SSSR count). The summed E-state index contributed by atoms with van der Waals surface area (Å²) in [4.78, 5) is 26.5. The van der Waals surface area contributed by atoms with Gasteiger partial charge in [0.2, 0.25) is 5.91 Å². The molecule has 1 aliphatic carbocycles. The van der Waals surface area contributed by atoms with E-state index < -0.39 is 5.97 Å². The summed E-state index contributed by atoms with van der Waals surface area (Å²) in [6, 6.07) is 3.82. The van der Waals surface area contributed by atoms with Gasteiger partial charge in [-0.25, -0.2) is 4.79 Å². The van der Waals surface area contributed by atoms with Crippen molar-refractivity contribution in [1.82, 2.24) is 4.90 Å². The van der Waals surface area contributed by atoms with Crippen molar-refractivity contribution in [2.24, 2.45) is 0 Å². The minimum atomic E-state index is -0.412. The first kappa shape index (κ1) is 16.9. The van der Waals surface area contributed by atoms with E-state index >= 15 is 0 Å². The van der Waals surface area contributed by atoms with Crippen molar-refractivity contribution < 1.29 is 19.1 Å². The lowest BCUT2D eigenvalue weighted by Crippen LogP contribution is -2.41. The van der Waals surface area contributed by atoms with Crippen molar-refractivity contribution in [3.05, 3.63) is 28.8 Å². The van der Waals surface area contributed by atoms with Gasteiger partial charge in [0.15, 0.2) is 0 Å². The van der Waals surface area contributed by atoms with Gasteiger partial charge in [0.05, 0.1) is 38.1 Å². The summed E-state index contributed by atoms with van der Waals surface area (Å²) in [5.41, 5.74) is 3.40. The Morgan fingerprint density at radius 2 is 1.83 bits per heavy atom. The van der Waals surface area contributed by atoms with E-state index in [2.05, 4.69) is 10.2 Å². The highest BCUT2D eigenvalue weighted by atomic mass is 16.5. The van der Waals surface area contributed by atoms with Crippen LogP contribution in [0.2, 0.25) is 0 Å². The van der Waals surface area contributed by atoms with E-state index in [1.54, 1.807) is 0 Å². The zero-order chi connectivity index (χ0) is 16.9. The third-order valence-electron chi connectivity index (χ3n) is 4.63. The molecule has 0 bridgehead atoms. The van der Waals surface area contributed by atoms with E-state index in [0.717, 1.165) is 38.8 Å². The van der Waals surface area contributed by atoms with Crippen LogP contribution < -0.4 is 5.32 Å². The Morgan fingerprint density at radius 1 is 1.17 bits per heavy atom. The molecule has 0 saturated carbocycles. The molecule has 1 aromatic carbocycles. The Kier molecular flexibility index (Phi) is 5.48. The van der Waals surface area contributed by atoms with Crippen LogP contribution in [0, 0.1) is 0 Å². The summed E-state index contributed by atoms with van der Waals surface area (Å²) in [5, 5.41) is 2.90. The van der Waals surface area contributed by atoms with Gasteiger partial charge in [0.25, 0.3) is 0 Å². The fraction of sp³-hybridized carbons (Fsp3) is 0.556. The van der Waals surface area contributed by atoms with E-state index in [-0.39, 0.29) is 5.91 Å². The van der Waals surface area contributed by atoms with Crippen LogP contribution in [0.25, 0.3) is 0 Å². The summed E-state index contributed by atoms with van der Waals surface area (Å²) in [6.45, 7) is 3.11. The molecule has 1 heterocycles. The molecule has 24 heavy (non-hydrogen) atoms. The summed E-state index contributed by atoms with van der Waals surface area (Å²) in [6.07, 6.45) is 4.24. The lowest BCUT2D eigenvalue weighted by atomic mass is 9.89.